The van der Waals surface area contributed by atoms with Gasteiger partial charge < -0.3 is 14.4 Å². The smallest absolute Gasteiger partial charge is 0.308 e. The molecule has 1 heterocycles. The van der Waals surface area contributed by atoms with Crippen molar-refractivity contribution in [1.82, 2.24) is 4.90 Å². The van der Waals surface area contributed by atoms with E-state index in [1.807, 2.05) is 18.2 Å². The second-order valence-electron chi connectivity index (χ2n) is 7.48. The summed E-state index contributed by atoms with van der Waals surface area (Å²) in [6.45, 7) is 1.15. The van der Waals surface area contributed by atoms with Gasteiger partial charge in [-0.15, -0.1) is 0 Å². The van der Waals surface area contributed by atoms with Crippen molar-refractivity contribution in [1.29, 1.82) is 0 Å². The summed E-state index contributed by atoms with van der Waals surface area (Å²) in [7, 11) is 1.41. The summed E-state index contributed by atoms with van der Waals surface area (Å²) in [4.78, 5) is 25.9. The van der Waals surface area contributed by atoms with Gasteiger partial charge in [0.25, 0.3) is 5.91 Å². The van der Waals surface area contributed by atoms with Crippen LogP contribution < -0.4 is 4.74 Å². The van der Waals surface area contributed by atoms with E-state index in [0.29, 0.717) is 36.9 Å². The lowest BCUT2D eigenvalue weighted by Crippen LogP contribution is -2.42. The molecule has 0 bridgehead atoms. The molecule has 2 fully saturated rings. The van der Waals surface area contributed by atoms with Gasteiger partial charge in [-0.05, 0) is 55.4 Å². The van der Waals surface area contributed by atoms with E-state index in [0.717, 1.165) is 24.2 Å². The van der Waals surface area contributed by atoms with Crippen molar-refractivity contribution in [2.45, 2.75) is 50.9 Å². The summed E-state index contributed by atoms with van der Waals surface area (Å²) in [6, 6.07) is 5.68. The van der Waals surface area contributed by atoms with E-state index >= 15 is 0 Å². The van der Waals surface area contributed by atoms with Gasteiger partial charge >= 0.3 is 5.97 Å². The molecule has 0 aromatic heterocycles. The van der Waals surface area contributed by atoms with Crippen LogP contribution in [0.25, 0.3) is 0 Å². The number of ether oxygens (including phenoxy) is 2. The number of methoxy groups -OCH3 is 1. The molecule has 0 N–H and O–H groups in total. The van der Waals surface area contributed by atoms with Gasteiger partial charge in [0.2, 0.25) is 0 Å². The van der Waals surface area contributed by atoms with Crippen LogP contribution in [0.1, 0.15) is 56.4 Å². The van der Waals surface area contributed by atoms with Crippen molar-refractivity contribution < 1.29 is 19.1 Å². The fourth-order valence-corrected chi connectivity index (χ4v) is 4.33. The number of carbonyl (C=O) groups is 2. The number of piperidine rings is 1. The summed E-state index contributed by atoms with van der Waals surface area (Å²) in [6.07, 6.45) is 7.32. The van der Waals surface area contributed by atoms with Gasteiger partial charge in [-0.1, -0.05) is 30.9 Å². The fraction of sp³-hybridized carbons (Fsp3) is 0.619. The second-order valence-corrected chi connectivity index (χ2v) is 7.92. The van der Waals surface area contributed by atoms with Crippen LogP contribution in [-0.4, -0.2) is 43.6 Å². The lowest BCUT2D eigenvalue weighted by molar-refractivity contribution is -0.149. The Hall–Kier alpha value is -1.75. The van der Waals surface area contributed by atoms with E-state index in [9.17, 15) is 9.59 Å². The van der Waals surface area contributed by atoms with Crippen molar-refractivity contribution in [2.24, 2.45) is 5.92 Å². The van der Waals surface area contributed by atoms with Gasteiger partial charge in [0, 0.05) is 18.1 Å². The SMILES string of the molecule is COC(=O)C1CCN(C(=O)COc2ccc(Cl)cc2C2CCCCC2)CC1. The standard InChI is InChI=1S/C21H28ClNO4/c1-26-21(25)16-9-11-23(12-10-16)20(24)14-27-19-8-7-17(22)13-18(19)15-5-3-2-4-6-15/h7-8,13,15-16H,2-6,9-12,14H2,1H3. The molecule has 2 aliphatic rings. The third-order valence-electron chi connectivity index (χ3n) is 5.75. The Labute approximate surface area is 166 Å². The average molecular weight is 394 g/mol. The topological polar surface area (TPSA) is 55.8 Å². The quantitative estimate of drug-likeness (QED) is 0.704. The van der Waals surface area contributed by atoms with Crippen LogP contribution in [0.15, 0.2) is 18.2 Å². The zero-order valence-electron chi connectivity index (χ0n) is 15.9. The number of nitrogens with zero attached hydrogens (tertiary/aromatic N) is 1. The van der Waals surface area contributed by atoms with Crippen molar-refractivity contribution in [3.05, 3.63) is 28.8 Å². The highest BCUT2D eigenvalue weighted by Crippen LogP contribution is 2.38. The lowest BCUT2D eigenvalue weighted by atomic mass is 9.84. The normalized spacial score (nSPS) is 19.0. The molecular weight excluding hydrogens is 366 g/mol. The molecule has 0 unspecified atom stereocenters. The van der Waals surface area contributed by atoms with Gasteiger partial charge in [0.15, 0.2) is 6.61 Å². The van der Waals surface area contributed by atoms with Crippen LogP contribution in [0, 0.1) is 5.92 Å². The third kappa shape index (κ3) is 5.16. The van der Waals surface area contributed by atoms with Crippen molar-refractivity contribution in [2.75, 3.05) is 26.8 Å². The molecule has 0 radical (unpaired) electrons. The number of hydrogen-bond acceptors (Lipinski definition) is 4. The highest BCUT2D eigenvalue weighted by molar-refractivity contribution is 6.30. The summed E-state index contributed by atoms with van der Waals surface area (Å²) in [5.74, 6) is 0.899. The van der Waals surface area contributed by atoms with E-state index in [1.54, 1.807) is 4.90 Å². The van der Waals surface area contributed by atoms with E-state index < -0.39 is 0 Å². The Bertz CT molecular complexity index is 664. The Morgan fingerprint density at radius 3 is 2.48 bits per heavy atom. The molecule has 1 saturated carbocycles. The number of esters is 1. The highest BCUT2D eigenvalue weighted by atomic mass is 35.5. The van der Waals surface area contributed by atoms with Crippen LogP contribution in [0.4, 0.5) is 0 Å². The molecule has 6 heteroatoms. The van der Waals surface area contributed by atoms with Crippen LogP contribution in [-0.2, 0) is 14.3 Å². The molecular formula is C21H28ClNO4. The van der Waals surface area contributed by atoms with Crippen LogP contribution in [0.5, 0.6) is 5.75 Å². The molecule has 5 nitrogen and oxygen atoms in total. The number of carbonyl (C=O) groups excluding carboxylic acids is 2. The Kier molecular flexibility index (Phi) is 7.00. The third-order valence-corrected chi connectivity index (χ3v) is 5.99. The van der Waals surface area contributed by atoms with Gasteiger partial charge in [-0.3, -0.25) is 9.59 Å². The van der Waals surface area contributed by atoms with Crippen LogP contribution in [0.2, 0.25) is 5.02 Å². The molecule has 1 saturated heterocycles. The van der Waals surface area contributed by atoms with Gasteiger partial charge in [0.1, 0.15) is 5.75 Å². The average Bonchev–Trinajstić information content (AvgIpc) is 2.72. The molecule has 27 heavy (non-hydrogen) atoms. The number of benzene rings is 1. The van der Waals surface area contributed by atoms with Crippen LogP contribution in [0.3, 0.4) is 0 Å². The lowest BCUT2D eigenvalue weighted by Gasteiger charge is -2.31. The van der Waals surface area contributed by atoms with Crippen molar-refractivity contribution in [3.63, 3.8) is 0 Å². The van der Waals surface area contributed by atoms with Crippen LogP contribution >= 0.6 is 11.6 Å². The first-order valence-corrected chi connectivity index (χ1v) is 10.2. The second kappa shape index (κ2) is 9.45. The minimum atomic E-state index is -0.184. The molecule has 1 aliphatic heterocycles. The molecule has 1 aromatic rings. The zero-order valence-corrected chi connectivity index (χ0v) is 16.7. The summed E-state index contributed by atoms with van der Waals surface area (Å²) < 4.78 is 10.7. The molecule has 1 aromatic carbocycles. The monoisotopic (exact) mass is 393 g/mol. The Morgan fingerprint density at radius 1 is 1.11 bits per heavy atom. The first-order chi connectivity index (χ1) is 13.1. The number of amides is 1. The molecule has 3 rings (SSSR count). The first kappa shape index (κ1) is 20.0. The minimum Gasteiger partial charge on any atom is -0.483 e. The minimum absolute atomic E-state index is 0.0181. The summed E-state index contributed by atoms with van der Waals surface area (Å²) in [5, 5.41) is 0.708. The van der Waals surface area contributed by atoms with E-state index in [4.69, 9.17) is 21.1 Å². The van der Waals surface area contributed by atoms with E-state index in [1.165, 1.54) is 26.4 Å². The molecule has 1 amide bonds. The molecule has 148 valence electrons. The highest BCUT2D eigenvalue weighted by Gasteiger charge is 2.28. The molecule has 0 spiro atoms. The van der Waals surface area contributed by atoms with Gasteiger partial charge in [-0.25, -0.2) is 0 Å². The number of likely N-dealkylation sites (tertiary alicyclic amines) is 1. The predicted molar refractivity (Wildman–Crippen MR) is 104 cm³/mol. The zero-order chi connectivity index (χ0) is 19.2. The maximum atomic E-state index is 12.5. The van der Waals surface area contributed by atoms with E-state index in [-0.39, 0.29) is 24.4 Å². The van der Waals surface area contributed by atoms with Crippen molar-refractivity contribution in [3.8, 4) is 5.75 Å². The summed E-state index contributed by atoms with van der Waals surface area (Å²) in [5.41, 5.74) is 1.12. The number of rotatable bonds is 5. The Morgan fingerprint density at radius 2 is 1.81 bits per heavy atom. The number of hydrogen-bond donors (Lipinski definition) is 0. The van der Waals surface area contributed by atoms with Gasteiger partial charge in [-0.2, -0.15) is 0 Å². The summed E-state index contributed by atoms with van der Waals surface area (Å²) >= 11 is 6.20. The van der Waals surface area contributed by atoms with E-state index in [2.05, 4.69) is 0 Å². The fourth-order valence-electron chi connectivity index (χ4n) is 4.15. The van der Waals surface area contributed by atoms with Gasteiger partial charge in [0.05, 0.1) is 13.0 Å². The molecule has 1 aliphatic carbocycles. The largest absolute Gasteiger partial charge is 0.483 e. The first-order valence-electron chi connectivity index (χ1n) is 9.86. The number of halogens is 1. The predicted octanol–water partition coefficient (Wildman–Crippen LogP) is 4.18. The molecule has 0 atom stereocenters. The Balaban J connectivity index is 1.57. The maximum absolute atomic E-state index is 12.5. The maximum Gasteiger partial charge on any atom is 0.308 e. The van der Waals surface area contributed by atoms with Crippen molar-refractivity contribution >= 4 is 23.5 Å².